The number of primary amides is 1. The molecule has 1 amide bonds. The number of carbonyl (C=O) groups excluding carboxylic acids is 1. The van der Waals surface area contributed by atoms with Crippen LogP contribution >= 0.6 is 104 Å². The van der Waals surface area contributed by atoms with Crippen molar-refractivity contribution in [1.82, 2.24) is 19.6 Å². The third-order valence-electron chi connectivity index (χ3n) is 12.1. The Kier molecular flexibility index (Phi) is 24.8. The van der Waals surface area contributed by atoms with Gasteiger partial charge >= 0.3 is 12.1 Å². The number of amides is 1. The van der Waals surface area contributed by atoms with E-state index in [2.05, 4.69) is 85.1 Å². The van der Waals surface area contributed by atoms with Crippen molar-refractivity contribution in [3.05, 3.63) is 196 Å². The van der Waals surface area contributed by atoms with Crippen LogP contribution in [-0.4, -0.2) is 106 Å². The highest BCUT2D eigenvalue weighted by atomic mass is 35.5. The Balaban J connectivity index is 0.000000169. The summed E-state index contributed by atoms with van der Waals surface area (Å²) in [4.78, 5) is 22.2. The molecule has 0 radical (unpaired) electrons. The van der Waals surface area contributed by atoms with Gasteiger partial charge in [0.25, 0.3) is 11.0 Å². The molecular weight excluding hydrogens is 1490 g/mol. The molecule has 30 nitrogen and oxygen atoms in total. The molecule has 0 saturated carbocycles. The van der Waals surface area contributed by atoms with Crippen LogP contribution in [0.3, 0.4) is 0 Å². The molecule has 97 heavy (non-hydrogen) atoms. The first-order chi connectivity index (χ1) is 46.1. The second-order valence-corrected chi connectivity index (χ2v) is 26.7. The number of benzene rings is 7. The monoisotopic (exact) mass is 1520 g/mol. The van der Waals surface area contributed by atoms with Crippen LogP contribution in [0.5, 0.6) is 23.0 Å². The topological polar surface area (TPSA) is 421 Å². The molecule has 496 valence electrons. The number of anilines is 3. The van der Waals surface area contributed by atoms with Gasteiger partial charge in [-0.2, -0.15) is 40.0 Å². The number of rotatable bonds is 15. The van der Waals surface area contributed by atoms with E-state index in [0.29, 0.717) is 33.6 Å². The van der Waals surface area contributed by atoms with Gasteiger partial charge in [0.05, 0.1) is 75.4 Å². The molecule has 7 aromatic carbocycles. The summed E-state index contributed by atoms with van der Waals surface area (Å²) in [6, 6.07) is 31.1. The van der Waals surface area contributed by atoms with E-state index in [9.17, 15) is 42.1 Å². The molecule has 2 aliphatic rings. The zero-order valence-corrected chi connectivity index (χ0v) is 57.0. The molecule has 0 aliphatic carbocycles. The predicted octanol–water partition coefficient (Wildman–Crippen LogP) is 15.9. The molecule has 41 heteroatoms. The number of sulfonamides is 2. The highest BCUT2D eigenvalue weighted by Gasteiger charge is 2.39. The van der Waals surface area contributed by atoms with Crippen molar-refractivity contribution in [2.45, 2.75) is 29.3 Å². The van der Waals surface area contributed by atoms with Gasteiger partial charge < -0.3 is 35.8 Å². The van der Waals surface area contributed by atoms with E-state index in [1.807, 2.05) is 30.3 Å². The number of phenolic OH excluding ortho intramolecular Hbond substituents is 3. The number of nitrogens with two attached hydrogens (primary N) is 2. The minimum Gasteiger partial charge on any atom is -0.507 e. The first-order valence-electron chi connectivity index (χ1n) is 26.4. The summed E-state index contributed by atoms with van der Waals surface area (Å²) in [5.74, 6) is -1.12. The lowest BCUT2D eigenvalue weighted by atomic mass is 10.1. The van der Waals surface area contributed by atoms with Gasteiger partial charge in [0.2, 0.25) is 37.5 Å². The Hall–Kier alpha value is -9.66. The summed E-state index contributed by atoms with van der Waals surface area (Å²) < 4.78 is 52.5. The number of primary sulfonamides is 1. The third kappa shape index (κ3) is 20.0. The van der Waals surface area contributed by atoms with Crippen molar-refractivity contribution >= 4 is 193 Å². The van der Waals surface area contributed by atoms with Gasteiger partial charge in [-0.25, -0.2) is 45.1 Å². The molecule has 0 bridgehead atoms. The number of hydrazone groups is 2. The van der Waals surface area contributed by atoms with Crippen LogP contribution in [0.4, 0.5) is 50.1 Å². The number of hydrogen-bond acceptors (Lipinski definition) is 27. The summed E-state index contributed by atoms with van der Waals surface area (Å²) in [6.45, 7) is 14.6. The van der Waals surface area contributed by atoms with Crippen molar-refractivity contribution in [3.8, 4) is 34.4 Å². The number of nitrogens with zero attached hydrogens (tertiary/aromatic N) is 18. The minimum atomic E-state index is -4.11. The number of hydrogen-bond donors (Lipinski definition) is 7. The number of halogens is 7. The van der Waals surface area contributed by atoms with E-state index in [1.165, 1.54) is 83.2 Å². The maximum atomic E-state index is 11.6. The van der Waals surface area contributed by atoms with Crippen molar-refractivity contribution in [2.24, 2.45) is 62.0 Å². The number of aromatic nitrogens is 4. The molecule has 9 aromatic rings. The average Bonchev–Trinajstić information content (AvgIpc) is 1.51. The van der Waals surface area contributed by atoms with Crippen LogP contribution in [0, 0.1) is 13.1 Å². The van der Waals surface area contributed by atoms with Crippen LogP contribution in [0.25, 0.3) is 21.1 Å². The van der Waals surface area contributed by atoms with Gasteiger partial charge in [0.15, 0.2) is 11.6 Å². The van der Waals surface area contributed by atoms with Crippen LogP contribution in [0.1, 0.15) is 10.4 Å². The van der Waals surface area contributed by atoms with Crippen molar-refractivity contribution in [1.29, 1.82) is 0 Å². The van der Waals surface area contributed by atoms with Crippen LogP contribution < -0.4 is 25.6 Å². The SMILES string of the molecule is CS(=O)(=O)Nc1cccc(-c2nsc(N=Nc3cc(Cl)c(O)cc3Cl)n2)c1.Oc1c(Cl)cc(N=Nc2nncs2)cc1Cl.[C-]#[N+]C1C=NN(c2cc(Cl)c(S(N)(=O)=O)cc2Cl)C1N=Nc1ccc(O)c(C(N)=O)c1.[C-]#[N+]C1C=NN(c2ccccc2)C1N=Nc1ccc(O)c(Cl)c1. The highest BCUT2D eigenvalue weighted by molar-refractivity contribution is 7.92. The lowest BCUT2D eigenvalue weighted by molar-refractivity contribution is 0.0997. The normalized spacial score (nSPS) is 15.8. The molecule has 4 atom stereocenters. The zero-order valence-electron chi connectivity index (χ0n) is 48.5. The third-order valence-corrected chi connectivity index (χ3v) is 17.1. The van der Waals surface area contributed by atoms with Gasteiger partial charge in [0, 0.05) is 28.8 Å². The van der Waals surface area contributed by atoms with Gasteiger partial charge in [-0.15, -0.1) is 30.7 Å². The first-order valence-corrected chi connectivity index (χ1v) is 34.1. The highest BCUT2D eigenvalue weighted by Crippen LogP contribution is 2.40. The number of phenols is 4. The molecule has 11 rings (SSSR count). The summed E-state index contributed by atoms with van der Waals surface area (Å²) in [6.07, 6.45) is 2.44. The summed E-state index contributed by atoms with van der Waals surface area (Å²) in [7, 11) is -7.49. The van der Waals surface area contributed by atoms with Crippen molar-refractivity contribution in [3.63, 3.8) is 0 Å². The standard InChI is InChI=1S/C17H13Cl2N7O4S.C16H12ClN5O.C15H11Cl2N5O3S2.C8H4Cl2N4OS/c1-22-12-7-23-26(13-5-11(19)15(6-10(13)18)31(21,29)30)17(12)25-24-8-2-3-14(27)9(4-8)16(20)28;1-18-14-10-19-22(12-5-3-2-4-6-12)16(14)21-20-11-7-8-15(23)13(17)9-11;1-27(24,25)22-9-4-2-3-8(5-9)14-18-15(26-21-14)20-19-12-6-11(17)13(23)7-10(12)16;9-5-1-4(2-6(10)7(5)15)12-14-8-13-11-3-16-8/h2-7,12,17,27H,(H2,20,28)(H2,21,29,30);2-10,14,16,23H;2-7,22-23H,1H3;1-3,15H. The van der Waals surface area contributed by atoms with Gasteiger partial charge in [-0.1, -0.05) is 123 Å². The lowest BCUT2D eigenvalue weighted by Gasteiger charge is -2.21. The molecule has 0 saturated heterocycles. The Morgan fingerprint density at radius 3 is 1.84 bits per heavy atom. The van der Waals surface area contributed by atoms with E-state index >= 15 is 0 Å². The zero-order chi connectivity index (χ0) is 70.3. The van der Waals surface area contributed by atoms with Gasteiger partial charge in [0.1, 0.15) is 45.8 Å². The fraction of sp³-hybridized carbons (Fsp3) is 0.0893. The van der Waals surface area contributed by atoms with Crippen LogP contribution in [0.2, 0.25) is 35.2 Å². The molecule has 0 spiro atoms. The fourth-order valence-corrected chi connectivity index (χ4v) is 11.6. The van der Waals surface area contributed by atoms with E-state index < -0.39 is 50.4 Å². The smallest absolute Gasteiger partial charge is 0.303 e. The van der Waals surface area contributed by atoms with Gasteiger partial charge in [-0.3, -0.25) is 9.52 Å². The van der Waals surface area contributed by atoms with E-state index in [4.69, 9.17) is 105 Å². The largest absolute Gasteiger partial charge is 0.507 e. The van der Waals surface area contributed by atoms with E-state index in [1.54, 1.807) is 47.1 Å². The maximum absolute atomic E-state index is 11.6. The second-order valence-electron chi connectivity index (χ2n) is 19.0. The number of azo groups is 4. The maximum Gasteiger partial charge on any atom is 0.303 e. The number of nitrogens with one attached hydrogen (secondary N) is 1. The second kappa shape index (κ2) is 32.9. The quantitative estimate of drug-likeness (QED) is 0.0370. The molecular formula is C56H40Cl7N21O9S4. The Morgan fingerprint density at radius 1 is 0.619 bits per heavy atom. The van der Waals surface area contributed by atoms with Gasteiger partial charge in [-0.05, 0) is 91.0 Å². The Morgan fingerprint density at radius 2 is 1.23 bits per heavy atom. The minimum absolute atomic E-state index is 0.0141. The number of aromatic hydroxyl groups is 4. The average molecular weight is 1530 g/mol. The van der Waals surface area contributed by atoms with E-state index in [-0.39, 0.29) is 90.8 Å². The molecule has 2 aliphatic heterocycles. The lowest BCUT2D eigenvalue weighted by Crippen LogP contribution is -2.32. The summed E-state index contributed by atoms with van der Waals surface area (Å²) in [5.41, 5.74) is 10.0. The van der Waals surface area contributed by atoms with Crippen molar-refractivity contribution in [2.75, 3.05) is 21.0 Å². The van der Waals surface area contributed by atoms with E-state index in [0.717, 1.165) is 29.5 Å². The predicted molar refractivity (Wildman–Crippen MR) is 372 cm³/mol. The Bertz CT molecular complexity index is 4910. The first kappa shape index (κ1) is 73.2. The molecule has 4 heterocycles. The summed E-state index contributed by atoms with van der Waals surface area (Å²) in [5, 5.41) is 94.9. The molecule has 4 unspecified atom stereocenters. The molecule has 0 fully saturated rings. The fourth-order valence-electron chi connectivity index (χ4n) is 7.73. The summed E-state index contributed by atoms with van der Waals surface area (Å²) >= 11 is 43.6. The Labute approximate surface area is 592 Å². The number of para-hydroxylation sites is 1. The van der Waals surface area contributed by atoms with Crippen molar-refractivity contribution < 1.29 is 42.1 Å². The van der Waals surface area contributed by atoms with Crippen LogP contribution in [0.15, 0.2) is 189 Å². The van der Waals surface area contributed by atoms with Crippen LogP contribution in [-0.2, 0) is 20.0 Å². The molecule has 9 N–H and O–H groups in total. The number of carbonyl (C=O) groups is 1. The molecule has 2 aromatic heterocycles.